The summed E-state index contributed by atoms with van der Waals surface area (Å²) in [5.41, 5.74) is 1.93. The minimum absolute atomic E-state index is 0.131. The molecular weight excluding hydrogens is 256 g/mol. The Morgan fingerprint density at radius 2 is 2.05 bits per heavy atom. The number of thiol groups is 1. The molecule has 1 aliphatic rings. The second-order valence-corrected chi connectivity index (χ2v) is 6.59. The number of hydrogen-bond donors (Lipinski definition) is 2. The molecule has 104 valence electrons. The molecule has 2 unspecified atom stereocenters. The van der Waals surface area contributed by atoms with Crippen molar-refractivity contribution in [2.45, 2.75) is 27.7 Å². The van der Waals surface area contributed by atoms with Crippen LogP contribution in [-0.2, 0) is 0 Å². The number of rotatable bonds is 2. The van der Waals surface area contributed by atoms with Crippen LogP contribution in [0.4, 0.5) is 0 Å². The van der Waals surface area contributed by atoms with Crippen molar-refractivity contribution >= 4 is 18.2 Å². The van der Waals surface area contributed by atoms with E-state index in [0.29, 0.717) is 17.4 Å². The fourth-order valence-corrected chi connectivity index (χ4v) is 3.16. The maximum absolute atomic E-state index is 10.5. The summed E-state index contributed by atoms with van der Waals surface area (Å²) in [4.78, 5) is 0. The molecule has 1 aromatic heterocycles. The Balaban J connectivity index is 2.53. The van der Waals surface area contributed by atoms with Gasteiger partial charge in [-0.15, -0.1) is 0 Å². The van der Waals surface area contributed by atoms with Crippen LogP contribution in [0.5, 0.6) is 0 Å². The number of aliphatic hydroxyl groups excluding tert-OH is 1. The highest BCUT2D eigenvalue weighted by molar-refractivity contribution is 7.80. The summed E-state index contributed by atoms with van der Waals surface area (Å²) in [7, 11) is 0. The Kier molecular flexibility index (Phi) is 3.86. The summed E-state index contributed by atoms with van der Waals surface area (Å²) >= 11 is 4.33. The largest absolute Gasteiger partial charge is 0.507 e. The summed E-state index contributed by atoms with van der Waals surface area (Å²) in [6, 6.07) is 3.76. The van der Waals surface area contributed by atoms with E-state index in [0.717, 1.165) is 16.9 Å². The van der Waals surface area contributed by atoms with Gasteiger partial charge in [-0.25, -0.2) is 0 Å². The Hall–Kier alpha value is -1.09. The van der Waals surface area contributed by atoms with E-state index in [-0.39, 0.29) is 11.3 Å². The Labute approximate surface area is 120 Å². The zero-order chi connectivity index (χ0) is 14.2. The molecule has 2 nitrogen and oxygen atoms in total. The van der Waals surface area contributed by atoms with E-state index < -0.39 is 0 Å². The van der Waals surface area contributed by atoms with Gasteiger partial charge in [0.2, 0.25) is 0 Å². The smallest absolute Gasteiger partial charge is 0.133 e. The van der Waals surface area contributed by atoms with Gasteiger partial charge in [-0.3, -0.25) is 0 Å². The zero-order valence-corrected chi connectivity index (χ0v) is 12.9. The molecule has 0 amide bonds. The first-order valence-corrected chi connectivity index (χ1v) is 7.28. The molecule has 19 heavy (non-hydrogen) atoms. The first-order valence-electron chi connectivity index (χ1n) is 6.65. The molecule has 2 atom stereocenters. The number of furan rings is 1. The van der Waals surface area contributed by atoms with Gasteiger partial charge < -0.3 is 9.52 Å². The highest BCUT2D eigenvalue weighted by Gasteiger charge is 2.36. The monoisotopic (exact) mass is 278 g/mol. The lowest BCUT2D eigenvalue weighted by atomic mass is 9.67. The van der Waals surface area contributed by atoms with Crippen LogP contribution in [0, 0.1) is 17.3 Å². The van der Waals surface area contributed by atoms with E-state index in [1.807, 2.05) is 12.1 Å². The molecule has 3 heteroatoms. The van der Waals surface area contributed by atoms with Gasteiger partial charge in [-0.2, -0.15) is 12.6 Å². The van der Waals surface area contributed by atoms with Gasteiger partial charge in [0.25, 0.3) is 0 Å². The molecular formula is C16H22O2S. The van der Waals surface area contributed by atoms with Crippen molar-refractivity contribution in [2.75, 3.05) is 5.75 Å². The average Bonchev–Trinajstić information content (AvgIpc) is 2.81. The lowest BCUT2D eigenvalue weighted by Gasteiger charge is -2.38. The average molecular weight is 278 g/mol. The molecule has 2 rings (SSSR count). The molecule has 0 fully saturated rings. The highest BCUT2D eigenvalue weighted by Crippen LogP contribution is 2.46. The van der Waals surface area contributed by atoms with E-state index in [1.165, 1.54) is 0 Å². The summed E-state index contributed by atoms with van der Waals surface area (Å²) in [6.45, 7) is 8.82. The molecule has 1 heterocycles. The number of hydrogen-bond acceptors (Lipinski definition) is 3. The second kappa shape index (κ2) is 5.12. The highest BCUT2D eigenvalue weighted by atomic mass is 32.1. The molecule has 0 bridgehead atoms. The van der Waals surface area contributed by atoms with Gasteiger partial charge in [0.1, 0.15) is 11.5 Å². The van der Waals surface area contributed by atoms with E-state index in [2.05, 4.69) is 46.4 Å². The lowest BCUT2D eigenvalue weighted by molar-refractivity contribution is 0.240. The van der Waals surface area contributed by atoms with E-state index >= 15 is 0 Å². The maximum Gasteiger partial charge on any atom is 0.133 e. The quantitative estimate of drug-likeness (QED) is 0.768. The third-order valence-electron chi connectivity index (χ3n) is 3.89. The molecule has 1 aromatic rings. The summed E-state index contributed by atoms with van der Waals surface area (Å²) < 4.78 is 5.50. The van der Waals surface area contributed by atoms with Crippen molar-refractivity contribution in [1.29, 1.82) is 0 Å². The van der Waals surface area contributed by atoms with Crippen molar-refractivity contribution < 1.29 is 9.52 Å². The topological polar surface area (TPSA) is 33.4 Å². The molecule has 0 aliphatic heterocycles. The molecule has 0 saturated heterocycles. The van der Waals surface area contributed by atoms with Crippen LogP contribution in [0.2, 0.25) is 0 Å². The first kappa shape index (κ1) is 14.3. The summed E-state index contributed by atoms with van der Waals surface area (Å²) in [5.74, 6) is 2.19. The predicted octanol–water partition coefficient (Wildman–Crippen LogP) is 4.72. The lowest BCUT2D eigenvalue weighted by Crippen LogP contribution is -2.29. The molecule has 0 saturated carbocycles. The SMILES string of the molecule is CC1C(c2ccco2)=C(O)C(CS)=CC1C(C)(C)C. The Bertz CT molecular complexity index is 503. The van der Waals surface area contributed by atoms with Crippen LogP contribution in [0.15, 0.2) is 40.2 Å². The Morgan fingerprint density at radius 3 is 2.53 bits per heavy atom. The minimum Gasteiger partial charge on any atom is -0.507 e. The third-order valence-corrected chi connectivity index (χ3v) is 4.23. The van der Waals surface area contributed by atoms with Crippen molar-refractivity contribution in [3.8, 4) is 0 Å². The first-order chi connectivity index (χ1) is 8.86. The van der Waals surface area contributed by atoms with Crippen molar-refractivity contribution in [3.05, 3.63) is 41.6 Å². The van der Waals surface area contributed by atoms with Gasteiger partial charge >= 0.3 is 0 Å². The normalized spacial score (nSPS) is 24.6. The maximum atomic E-state index is 10.5. The van der Waals surface area contributed by atoms with Gasteiger partial charge in [0.15, 0.2) is 0 Å². The van der Waals surface area contributed by atoms with E-state index in [4.69, 9.17) is 4.42 Å². The van der Waals surface area contributed by atoms with Gasteiger partial charge in [-0.05, 0) is 29.4 Å². The summed E-state index contributed by atoms with van der Waals surface area (Å²) in [6.07, 6.45) is 3.81. The van der Waals surface area contributed by atoms with Crippen LogP contribution in [0.25, 0.3) is 5.57 Å². The zero-order valence-electron chi connectivity index (χ0n) is 12.0. The second-order valence-electron chi connectivity index (χ2n) is 6.27. The van der Waals surface area contributed by atoms with Crippen molar-refractivity contribution in [3.63, 3.8) is 0 Å². The number of aliphatic hydroxyl groups is 1. The fraction of sp³-hybridized carbons (Fsp3) is 0.500. The van der Waals surface area contributed by atoms with Crippen LogP contribution in [-0.4, -0.2) is 10.9 Å². The van der Waals surface area contributed by atoms with E-state index in [9.17, 15) is 5.11 Å². The predicted molar refractivity (Wildman–Crippen MR) is 82.3 cm³/mol. The molecule has 0 spiro atoms. The number of allylic oxidation sites excluding steroid dienone is 3. The van der Waals surface area contributed by atoms with Crippen molar-refractivity contribution in [1.82, 2.24) is 0 Å². The van der Waals surface area contributed by atoms with Crippen LogP contribution in [0.3, 0.4) is 0 Å². The molecule has 1 N–H and O–H groups in total. The van der Waals surface area contributed by atoms with E-state index in [1.54, 1.807) is 6.26 Å². The van der Waals surface area contributed by atoms with Crippen LogP contribution in [0.1, 0.15) is 33.5 Å². The molecule has 1 aliphatic carbocycles. The van der Waals surface area contributed by atoms with Gasteiger partial charge in [-0.1, -0.05) is 33.8 Å². The van der Waals surface area contributed by atoms with Crippen LogP contribution < -0.4 is 0 Å². The Morgan fingerprint density at radius 1 is 1.37 bits per heavy atom. The molecule has 0 aromatic carbocycles. The molecule has 0 radical (unpaired) electrons. The minimum atomic E-state index is 0.131. The van der Waals surface area contributed by atoms with Gasteiger partial charge in [0, 0.05) is 16.9 Å². The summed E-state index contributed by atoms with van der Waals surface area (Å²) in [5, 5.41) is 10.5. The van der Waals surface area contributed by atoms with Crippen LogP contribution >= 0.6 is 12.6 Å². The standard InChI is InChI=1S/C16H22O2S/c1-10-12(16(2,3)4)8-11(9-19)15(17)14(10)13-6-5-7-18-13/h5-8,10,12,17,19H,9H2,1-4H3. The van der Waals surface area contributed by atoms with Gasteiger partial charge in [0.05, 0.1) is 6.26 Å². The fourth-order valence-electron chi connectivity index (χ4n) is 2.91. The van der Waals surface area contributed by atoms with Crippen molar-refractivity contribution in [2.24, 2.45) is 17.3 Å². The third kappa shape index (κ3) is 2.62.